The smallest absolute Gasteiger partial charge is 0.187 e. The van der Waals surface area contributed by atoms with Crippen molar-refractivity contribution in [1.29, 1.82) is 0 Å². The number of halogens is 1. The Balaban J connectivity index is 2.36. The van der Waals surface area contributed by atoms with Crippen LogP contribution >= 0.6 is 11.6 Å². The van der Waals surface area contributed by atoms with Crippen LogP contribution in [0.3, 0.4) is 0 Å². The Morgan fingerprint density at radius 1 is 1.32 bits per heavy atom. The summed E-state index contributed by atoms with van der Waals surface area (Å²) >= 11 is 5.93. The zero-order valence-corrected chi connectivity index (χ0v) is 12.3. The first-order chi connectivity index (χ1) is 8.91. The molecule has 0 bridgehead atoms. The van der Waals surface area contributed by atoms with Gasteiger partial charge in [-0.25, -0.2) is 0 Å². The molecule has 0 fully saturated rings. The van der Waals surface area contributed by atoms with Crippen molar-refractivity contribution < 1.29 is 4.79 Å². The molecule has 2 aromatic rings. The average molecular weight is 277 g/mol. The van der Waals surface area contributed by atoms with Crippen LogP contribution in [-0.2, 0) is 0 Å². The van der Waals surface area contributed by atoms with E-state index in [-0.39, 0.29) is 11.8 Å². The quantitative estimate of drug-likeness (QED) is 0.797. The monoisotopic (exact) mass is 276 g/mol. The summed E-state index contributed by atoms with van der Waals surface area (Å²) in [5, 5.41) is 5.01. The molecule has 2 rings (SSSR count). The molecule has 1 aromatic heterocycles. The molecule has 1 atom stereocenters. The van der Waals surface area contributed by atoms with Crippen LogP contribution in [0, 0.1) is 20.8 Å². The number of aryl methyl sites for hydroxylation is 1. The molecular formula is C15H17ClN2O. The number of hydrogen-bond acceptors (Lipinski definition) is 2. The number of rotatable bonds is 3. The fraction of sp³-hybridized carbons (Fsp3) is 0.333. The number of nitrogens with zero attached hydrogens (tertiary/aromatic N) is 2. The Bertz CT molecular complexity index is 631. The lowest BCUT2D eigenvalue weighted by molar-refractivity contribution is 0.0926. The number of ketones is 1. The van der Waals surface area contributed by atoms with E-state index in [2.05, 4.69) is 5.10 Å². The molecule has 4 heteroatoms. The summed E-state index contributed by atoms with van der Waals surface area (Å²) in [4.78, 5) is 12.5. The van der Waals surface area contributed by atoms with E-state index >= 15 is 0 Å². The van der Waals surface area contributed by atoms with E-state index in [0.717, 1.165) is 17.0 Å². The van der Waals surface area contributed by atoms with Crippen LogP contribution in [0.25, 0.3) is 0 Å². The number of carbonyl (C=O) groups is 1. The van der Waals surface area contributed by atoms with Crippen molar-refractivity contribution in [3.05, 3.63) is 51.8 Å². The lowest BCUT2D eigenvalue weighted by Gasteiger charge is -2.13. The van der Waals surface area contributed by atoms with Crippen molar-refractivity contribution >= 4 is 17.4 Å². The van der Waals surface area contributed by atoms with E-state index < -0.39 is 0 Å². The lowest BCUT2D eigenvalue weighted by atomic mass is 10.1. The molecule has 0 amide bonds. The summed E-state index contributed by atoms with van der Waals surface area (Å²) in [5.74, 6) is 0.0214. The van der Waals surface area contributed by atoms with E-state index in [1.54, 1.807) is 28.9 Å². The van der Waals surface area contributed by atoms with Crippen molar-refractivity contribution in [2.75, 3.05) is 0 Å². The van der Waals surface area contributed by atoms with Crippen LogP contribution in [0.5, 0.6) is 0 Å². The minimum absolute atomic E-state index is 0.0214. The first-order valence-corrected chi connectivity index (χ1v) is 6.61. The van der Waals surface area contributed by atoms with Crippen molar-refractivity contribution in [1.82, 2.24) is 9.78 Å². The third kappa shape index (κ3) is 2.56. The van der Waals surface area contributed by atoms with Gasteiger partial charge in [-0.05, 0) is 45.4 Å². The molecule has 19 heavy (non-hydrogen) atoms. The number of aromatic nitrogens is 2. The van der Waals surface area contributed by atoms with Crippen LogP contribution in [0.2, 0.25) is 5.02 Å². The normalized spacial score (nSPS) is 12.5. The highest BCUT2D eigenvalue weighted by Gasteiger charge is 2.21. The van der Waals surface area contributed by atoms with Gasteiger partial charge in [0.1, 0.15) is 6.04 Å². The van der Waals surface area contributed by atoms with Gasteiger partial charge >= 0.3 is 0 Å². The highest BCUT2D eigenvalue weighted by Crippen LogP contribution is 2.21. The Hall–Kier alpha value is -1.61. The van der Waals surface area contributed by atoms with E-state index in [9.17, 15) is 4.79 Å². The van der Waals surface area contributed by atoms with Crippen molar-refractivity contribution in [2.24, 2.45) is 0 Å². The topological polar surface area (TPSA) is 34.9 Å². The predicted molar refractivity (Wildman–Crippen MR) is 76.9 cm³/mol. The molecule has 0 saturated carbocycles. The van der Waals surface area contributed by atoms with Gasteiger partial charge < -0.3 is 0 Å². The molecule has 3 nitrogen and oxygen atoms in total. The van der Waals surface area contributed by atoms with Crippen LogP contribution in [0.15, 0.2) is 24.3 Å². The van der Waals surface area contributed by atoms with Crippen LogP contribution < -0.4 is 0 Å². The number of Topliss-reactive ketones (excluding diaryl/α,β-unsaturated/α-hetero) is 1. The molecule has 0 spiro atoms. The van der Waals surface area contributed by atoms with Gasteiger partial charge in [0.25, 0.3) is 0 Å². The Morgan fingerprint density at radius 2 is 2.00 bits per heavy atom. The standard InChI is InChI=1S/C15H17ClN2O/c1-9-10(2)17-18(11(9)3)12(4)15(19)13-6-5-7-14(16)8-13/h5-8,12H,1-4H3. The van der Waals surface area contributed by atoms with Gasteiger partial charge in [-0.3, -0.25) is 9.48 Å². The van der Waals surface area contributed by atoms with Gasteiger partial charge in [0.2, 0.25) is 0 Å². The Labute approximate surface area is 118 Å². The maximum absolute atomic E-state index is 12.5. The molecule has 1 heterocycles. The summed E-state index contributed by atoms with van der Waals surface area (Å²) in [6.45, 7) is 7.82. The van der Waals surface area contributed by atoms with Gasteiger partial charge in [-0.1, -0.05) is 23.7 Å². The van der Waals surface area contributed by atoms with Gasteiger partial charge in [0.05, 0.1) is 5.69 Å². The molecule has 0 N–H and O–H groups in total. The maximum Gasteiger partial charge on any atom is 0.187 e. The number of benzene rings is 1. The third-order valence-electron chi connectivity index (χ3n) is 3.54. The minimum Gasteiger partial charge on any atom is -0.292 e. The van der Waals surface area contributed by atoms with E-state index in [4.69, 9.17) is 11.6 Å². The number of carbonyl (C=O) groups excluding carboxylic acids is 1. The predicted octanol–water partition coefficient (Wildman–Crippen LogP) is 3.91. The Morgan fingerprint density at radius 3 is 2.53 bits per heavy atom. The number of hydrogen-bond donors (Lipinski definition) is 0. The lowest BCUT2D eigenvalue weighted by Crippen LogP contribution is -2.19. The van der Waals surface area contributed by atoms with Gasteiger partial charge in [-0.15, -0.1) is 0 Å². The fourth-order valence-electron chi connectivity index (χ4n) is 2.12. The van der Waals surface area contributed by atoms with Crippen LogP contribution in [-0.4, -0.2) is 15.6 Å². The first kappa shape index (κ1) is 13.8. The molecule has 100 valence electrons. The summed E-state index contributed by atoms with van der Waals surface area (Å²) in [5.41, 5.74) is 3.74. The van der Waals surface area contributed by atoms with Gasteiger partial charge in [0.15, 0.2) is 5.78 Å². The Kier molecular flexibility index (Phi) is 3.76. The van der Waals surface area contributed by atoms with Crippen molar-refractivity contribution in [3.8, 4) is 0 Å². The minimum atomic E-state index is -0.328. The largest absolute Gasteiger partial charge is 0.292 e. The third-order valence-corrected chi connectivity index (χ3v) is 3.78. The second-order valence-corrected chi connectivity index (χ2v) is 5.23. The second-order valence-electron chi connectivity index (χ2n) is 4.79. The van der Waals surface area contributed by atoms with Crippen LogP contribution in [0.1, 0.15) is 40.3 Å². The maximum atomic E-state index is 12.5. The SMILES string of the molecule is Cc1nn(C(C)C(=O)c2cccc(Cl)c2)c(C)c1C. The molecule has 0 aliphatic carbocycles. The highest BCUT2D eigenvalue weighted by atomic mass is 35.5. The summed E-state index contributed by atoms with van der Waals surface area (Å²) in [6.07, 6.45) is 0. The molecule has 0 radical (unpaired) electrons. The van der Waals surface area contributed by atoms with E-state index in [1.165, 1.54) is 0 Å². The summed E-state index contributed by atoms with van der Waals surface area (Å²) in [6, 6.07) is 6.69. The molecule has 1 unspecified atom stereocenters. The molecule has 0 aliphatic heterocycles. The fourth-order valence-corrected chi connectivity index (χ4v) is 2.31. The molecule has 0 saturated heterocycles. The van der Waals surface area contributed by atoms with Gasteiger partial charge in [-0.2, -0.15) is 5.10 Å². The molecule has 1 aromatic carbocycles. The summed E-state index contributed by atoms with van der Waals surface area (Å²) in [7, 11) is 0. The highest BCUT2D eigenvalue weighted by molar-refractivity contribution is 6.31. The average Bonchev–Trinajstić information content (AvgIpc) is 2.65. The van der Waals surface area contributed by atoms with E-state index in [1.807, 2.05) is 27.7 Å². The van der Waals surface area contributed by atoms with Gasteiger partial charge in [0, 0.05) is 16.3 Å². The summed E-state index contributed by atoms with van der Waals surface area (Å²) < 4.78 is 1.79. The molecule has 0 aliphatic rings. The molecular weight excluding hydrogens is 260 g/mol. The zero-order chi connectivity index (χ0) is 14.2. The zero-order valence-electron chi connectivity index (χ0n) is 11.6. The second kappa shape index (κ2) is 5.17. The van der Waals surface area contributed by atoms with Crippen molar-refractivity contribution in [2.45, 2.75) is 33.7 Å². The first-order valence-electron chi connectivity index (χ1n) is 6.24. The van der Waals surface area contributed by atoms with E-state index in [0.29, 0.717) is 10.6 Å². The van der Waals surface area contributed by atoms with Crippen molar-refractivity contribution in [3.63, 3.8) is 0 Å². The van der Waals surface area contributed by atoms with Crippen LogP contribution in [0.4, 0.5) is 0 Å².